The smallest absolute Gasteiger partial charge is 0.270 e. The van der Waals surface area contributed by atoms with Gasteiger partial charge in [0, 0.05) is 47.8 Å². The first-order valence-corrected chi connectivity index (χ1v) is 9.26. The van der Waals surface area contributed by atoms with Gasteiger partial charge < -0.3 is 14.8 Å². The fraction of sp³-hybridized carbons (Fsp3) is 0.353. The van der Waals surface area contributed by atoms with Gasteiger partial charge in [-0.15, -0.1) is 5.10 Å². The number of carbonyl (C=O) groups excluding carboxylic acids is 1. The topological polar surface area (TPSA) is 128 Å². The van der Waals surface area contributed by atoms with E-state index >= 15 is 0 Å². The number of thioether (sulfide) groups is 1. The number of carboxylic acids is 1. The van der Waals surface area contributed by atoms with Crippen molar-refractivity contribution in [3.8, 4) is 0 Å². The summed E-state index contributed by atoms with van der Waals surface area (Å²) in [7, 11) is 0. The quantitative estimate of drug-likeness (QED) is 0.298. The van der Waals surface area contributed by atoms with E-state index < -0.39 is 10.9 Å². The van der Waals surface area contributed by atoms with Gasteiger partial charge >= 0.3 is 0 Å². The second-order valence-electron chi connectivity index (χ2n) is 5.49. The Bertz CT molecular complexity index is 861. The second-order valence-corrected chi connectivity index (χ2v) is 6.50. The Labute approximate surface area is 160 Å². The molecular weight excluding hydrogens is 370 g/mol. The molecule has 1 N–H and O–H groups in total. The van der Waals surface area contributed by atoms with Crippen molar-refractivity contribution >= 4 is 35.2 Å². The number of anilines is 1. The number of carbonyl (C=O) groups is 1. The third-order valence-electron chi connectivity index (χ3n) is 3.86. The van der Waals surface area contributed by atoms with Gasteiger partial charge in [0.15, 0.2) is 0 Å². The van der Waals surface area contributed by atoms with Crippen molar-refractivity contribution in [3.05, 3.63) is 44.6 Å². The lowest BCUT2D eigenvalue weighted by atomic mass is 10.1. The van der Waals surface area contributed by atoms with Crippen molar-refractivity contribution in [2.75, 3.05) is 18.0 Å². The number of nitro groups is 1. The number of benzene rings is 1. The number of hydrogen-bond donors (Lipinski definition) is 1. The largest absolute Gasteiger partial charge is 0.544 e. The van der Waals surface area contributed by atoms with E-state index in [4.69, 9.17) is 0 Å². The highest BCUT2D eigenvalue weighted by Crippen LogP contribution is 2.31. The van der Waals surface area contributed by atoms with Gasteiger partial charge in [0.05, 0.1) is 10.9 Å². The maximum absolute atomic E-state index is 11.6. The zero-order valence-electron chi connectivity index (χ0n) is 15.3. The monoisotopic (exact) mass is 390 g/mol. The normalized spacial score (nSPS) is 11.4. The second kappa shape index (κ2) is 9.17. The highest BCUT2D eigenvalue weighted by atomic mass is 32.2. The molecule has 1 aromatic heterocycles. The summed E-state index contributed by atoms with van der Waals surface area (Å²) in [6.45, 7) is 7.14. The molecule has 0 amide bonds. The summed E-state index contributed by atoms with van der Waals surface area (Å²) in [5.74, 6) is -0.769. The number of H-pyrrole nitrogens is 1. The first-order chi connectivity index (χ1) is 12.9. The fourth-order valence-electron chi connectivity index (χ4n) is 2.47. The third kappa shape index (κ3) is 5.07. The van der Waals surface area contributed by atoms with Crippen LogP contribution in [0.15, 0.2) is 28.3 Å². The van der Waals surface area contributed by atoms with Gasteiger partial charge in [-0.3, -0.25) is 15.2 Å². The summed E-state index contributed by atoms with van der Waals surface area (Å²) in [6.07, 6.45) is 2.00. The number of carboxylic acid groups (broad SMARTS) is 1. The summed E-state index contributed by atoms with van der Waals surface area (Å²) in [6, 6.07) is 4.38. The molecule has 9 nitrogen and oxygen atoms in total. The standard InChI is InChI=1S/C17H21N5O4S/c1-4-15-18-17(20-19-15)27-14(16(23)24)10-11-9-12(22(25)26)7-8-13(11)21(5-2)6-3/h7-10H,4-6H2,1-3H3,(H,23,24)(H,18,19,20)/p-1/b14-10+. The molecule has 0 unspecified atom stereocenters. The minimum absolute atomic E-state index is 0.119. The van der Waals surface area contributed by atoms with Crippen LogP contribution in [0.5, 0.6) is 0 Å². The van der Waals surface area contributed by atoms with E-state index in [1.54, 1.807) is 6.07 Å². The molecule has 0 saturated heterocycles. The number of aryl methyl sites for hydroxylation is 1. The number of nitrogens with zero attached hydrogens (tertiary/aromatic N) is 4. The minimum Gasteiger partial charge on any atom is -0.544 e. The van der Waals surface area contributed by atoms with Crippen molar-refractivity contribution < 1.29 is 14.8 Å². The van der Waals surface area contributed by atoms with E-state index in [9.17, 15) is 20.0 Å². The van der Waals surface area contributed by atoms with Crippen molar-refractivity contribution in [2.45, 2.75) is 32.3 Å². The summed E-state index contributed by atoms with van der Waals surface area (Å²) in [4.78, 5) is 28.2. The zero-order valence-corrected chi connectivity index (χ0v) is 16.1. The Hall–Kier alpha value is -2.88. The Morgan fingerprint density at radius 2 is 2.04 bits per heavy atom. The number of aliphatic carboxylic acids is 1. The number of nitrogens with one attached hydrogen (secondary N) is 1. The molecule has 1 heterocycles. The van der Waals surface area contributed by atoms with Crippen molar-refractivity contribution in [3.63, 3.8) is 0 Å². The number of non-ortho nitro benzene ring substituents is 1. The predicted octanol–water partition coefficient (Wildman–Crippen LogP) is 2.00. The van der Waals surface area contributed by atoms with E-state index in [1.807, 2.05) is 25.7 Å². The van der Waals surface area contributed by atoms with Crippen LogP contribution in [0.25, 0.3) is 6.08 Å². The van der Waals surface area contributed by atoms with Crippen LogP contribution >= 0.6 is 11.8 Å². The van der Waals surface area contributed by atoms with Gasteiger partial charge in [0.25, 0.3) is 5.69 Å². The van der Waals surface area contributed by atoms with Gasteiger partial charge in [-0.05, 0) is 37.8 Å². The average Bonchev–Trinajstić information content (AvgIpc) is 3.10. The molecule has 0 radical (unpaired) electrons. The molecule has 0 atom stereocenters. The van der Waals surface area contributed by atoms with Gasteiger partial charge in [0.1, 0.15) is 5.82 Å². The number of aromatic nitrogens is 3. The maximum atomic E-state index is 11.6. The molecule has 0 saturated carbocycles. The Morgan fingerprint density at radius 3 is 2.56 bits per heavy atom. The Balaban J connectivity index is 2.50. The molecule has 0 spiro atoms. The first-order valence-electron chi connectivity index (χ1n) is 8.45. The molecule has 27 heavy (non-hydrogen) atoms. The number of rotatable bonds is 9. The fourth-order valence-corrected chi connectivity index (χ4v) is 3.19. The van der Waals surface area contributed by atoms with Gasteiger partial charge in [0.2, 0.25) is 5.16 Å². The van der Waals surface area contributed by atoms with Crippen LogP contribution in [0, 0.1) is 10.1 Å². The summed E-state index contributed by atoms with van der Waals surface area (Å²) in [5.41, 5.74) is 1.01. The van der Waals surface area contributed by atoms with E-state index in [0.717, 1.165) is 11.8 Å². The number of nitro benzene ring substituents is 1. The van der Waals surface area contributed by atoms with Gasteiger partial charge in [-0.1, -0.05) is 6.92 Å². The van der Waals surface area contributed by atoms with E-state index in [0.29, 0.717) is 36.6 Å². The molecule has 0 aliphatic heterocycles. The van der Waals surface area contributed by atoms with Crippen LogP contribution in [-0.2, 0) is 11.2 Å². The lowest BCUT2D eigenvalue weighted by molar-refractivity contribution is -0.384. The van der Waals surface area contributed by atoms with Crippen molar-refractivity contribution in [1.82, 2.24) is 15.2 Å². The SMILES string of the molecule is CCc1nc(S/C(=C/c2cc([N+](=O)[O-])ccc2N(CC)CC)C(=O)[O-])n[nH]1. The summed E-state index contributed by atoms with van der Waals surface area (Å²) >= 11 is 0.835. The lowest BCUT2D eigenvalue weighted by Gasteiger charge is -2.23. The highest BCUT2D eigenvalue weighted by Gasteiger charge is 2.15. The predicted molar refractivity (Wildman–Crippen MR) is 101 cm³/mol. The van der Waals surface area contributed by atoms with Crippen LogP contribution in [0.2, 0.25) is 0 Å². The molecule has 2 rings (SSSR count). The molecule has 0 aliphatic rings. The van der Waals surface area contributed by atoms with E-state index in [2.05, 4.69) is 15.2 Å². The van der Waals surface area contributed by atoms with Crippen LogP contribution in [0.3, 0.4) is 0 Å². The number of aromatic amines is 1. The zero-order chi connectivity index (χ0) is 20.0. The molecule has 144 valence electrons. The van der Waals surface area contributed by atoms with Crippen molar-refractivity contribution in [1.29, 1.82) is 0 Å². The van der Waals surface area contributed by atoms with Crippen LogP contribution in [0.4, 0.5) is 11.4 Å². The summed E-state index contributed by atoms with van der Waals surface area (Å²) < 4.78 is 0. The Kier molecular flexibility index (Phi) is 6.94. The molecule has 2 aromatic rings. The minimum atomic E-state index is -1.40. The molecule has 0 fully saturated rings. The third-order valence-corrected chi connectivity index (χ3v) is 4.73. The van der Waals surface area contributed by atoms with Crippen LogP contribution in [0.1, 0.15) is 32.2 Å². The highest BCUT2D eigenvalue weighted by molar-refractivity contribution is 8.04. The average molecular weight is 390 g/mol. The van der Waals surface area contributed by atoms with Gasteiger partial charge in [-0.2, -0.15) is 0 Å². The van der Waals surface area contributed by atoms with E-state index in [1.165, 1.54) is 18.2 Å². The first kappa shape index (κ1) is 20.4. The summed E-state index contributed by atoms with van der Waals surface area (Å²) in [5, 5.41) is 29.7. The molecule has 1 aromatic carbocycles. The lowest BCUT2D eigenvalue weighted by Crippen LogP contribution is -2.24. The molecular formula is C17H20N5O4S-. The Morgan fingerprint density at radius 1 is 1.33 bits per heavy atom. The molecule has 0 aliphatic carbocycles. The molecule has 0 bridgehead atoms. The maximum Gasteiger partial charge on any atom is 0.270 e. The van der Waals surface area contributed by atoms with E-state index in [-0.39, 0.29) is 15.7 Å². The molecule has 10 heteroatoms. The van der Waals surface area contributed by atoms with Crippen molar-refractivity contribution in [2.24, 2.45) is 0 Å². The number of hydrogen-bond acceptors (Lipinski definition) is 8. The van der Waals surface area contributed by atoms with Gasteiger partial charge in [-0.25, -0.2) is 4.98 Å². The van der Waals surface area contributed by atoms with Crippen LogP contribution < -0.4 is 10.0 Å². The van der Waals surface area contributed by atoms with Crippen LogP contribution in [-0.4, -0.2) is 39.2 Å².